The van der Waals surface area contributed by atoms with E-state index in [0.717, 1.165) is 0 Å². The van der Waals surface area contributed by atoms with Gasteiger partial charge in [-0.3, -0.25) is 10.1 Å². The SMILES string of the molecule is Cc1cc(CBr)c([N+](=O)[O-])c(C(=O)O)c1. The molecular weight excluding hydrogens is 266 g/mol. The van der Waals surface area contributed by atoms with Crippen molar-refractivity contribution in [2.45, 2.75) is 12.3 Å². The molecule has 0 bridgehead atoms. The van der Waals surface area contributed by atoms with Crippen LogP contribution in [0.5, 0.6) is 0 Å². The zero-order valence-corrected chi connectivity index (χ0v) is 9.44. The van der Waals surface area contributed by atoms with E-state index in [2.05, 4.69) is 15.9 Å². The fraction of sp³-hybridized carbons (Fsp3) is 0.222. The first kappa shape index (κ1) is 11.6. The van der Waals surface area contributed by atoms with Crippen molar-refractivity contribution in [1.29, 1.82) is 0 Å². The lowest BCUT2D eigenvalue weighted by Crippen LogP contribution is -2.05. The molecule has 1 aromatic rings. The number of nitro benzene ring substituents is 1. The van der Waals surface area contributed by atoms with Crippen molar-refractivity contribution >= 4 is 27.6 Å². The summed E-state index contributed by atoms with van der Waals surface area (Å²) in [7, 11) is 0. The van der Waals surface area contributed by atoms with Crippen LogP contribution in [0.15, 0.2) is 12.1 Å². The molecule has 0 radical (unpaired) electrons. The maximum absolute atomic E-state index is 10.8. The number of nitrogens with zero attached hydrogens (tertiary/aromatic N) is 1. The van der Waals surface area contributed by atoms with Crippen LogP contribution in [0.4, 0.5) is 5.69 Å². The van der Waals surface area contributed by atoms with Gasteiger partial charge < -0.3 is 5.11 Å². The molecule has 0 spiro atoms. The van der Waals surface area contributed by atoms with Gasteiger partial charge in [0.2, 0.25) is 0 Å². The lowest BCUT2D eigenvalue weighted by atomic mass is 10.0. The largest absolute Gasteiger partial charge is 0.477 e. The van der Waals surface area contributed by atoms with Gasteiger partial charge in [-0.15, -0.1) is 0 Å². The van der Waals surface area contributed by atoms with Gasteiger partial charge in [0, 0.05) is 10.9 Å². The number of aryl methyl sites for hydroxylation is 1. The van der Waals surface area contributed by atoms with E-state index in [1.807, 2.05) is 0 Å². The molecule has 1 rings (SSSR count). The van der Waals surface area contributed by atoms with Crippen LogP contribution in [-0.2, 0) is 5.33 Å². The molecule has 0 atom stereocenters. The summed E-state index contributed by atoms with van der Waals surface area (Å²) < 4.78 is 0. The minimum absolute atomic E-state index is 0.255. The highest BCUT2D eigenvalue weighted by molar-refractivity contribution is 9.08. The number of carbonyl (C=O) groups is 1. The maximum Gasteiger partial charge on any atom is 0.342 e. The summed E-state index contributed by atoms with van der Waals surface area (Å²) in [4.78, 5) is 20.9. The van der Waals surface area contributed by atoms with Crippen LogP contribution in [0.2, 0.25) is 0 Å². The highest BCUT2D eigenvalue weighted by atomic mass is 79.9. The molecule has 0 heterocycles. The summed E-state index contributed by atoms with van der Waals surface area (Å²) in [5.74, 6) is -1.28. The molecular formula is C9H8BrNO4. The molecule has 0 fully saturated rings. The smallest absolute Gasteiger partial charge is 0.342 e. The summed E-state index contributed by atoms with van der Waals surface area (Å²) in [6.45, 7) is 1.70. The lowest BCUT2D eigenvalue weighted by Gasteiger charge is -2.04. The summed E-state index contributed by atoms with van der Waals surface area (Å²) in [6, 6.07) is 2.89. The molecule has 1 aromatic carbocycles. The van der Waals surface area contributed by atoms with Gasteiger partial charge in [0.1, 0.15) is 5.56 Å². The van der Waals surface area contributed by atoms with Crippen LogP contribution in [0.1, 0.15) is 21.5 Å². The van der Waals surface area contributed by atoms with Gasteiger partial charge in [0.15, 0.2) is 0 Å². The van der Waals surface area contributed by atoms with Gasteiger partial charge in [-0.05, 0) is 24.6 Å². The molecule has 0 aliphatic carbocycles. The van der Waals surface area contributed by atoms with Gasteiger partial charge in [0.25, 0.3) is 5.69 Å². The van der Waals surface area contributed by atoms with Crippen molar-refractivity contribution in [1.82, 2.24) is 0 Å². The van der Waals surface area contributed by atoms with Crippen molar-refractivity contribution < 1.29 is 14.8 Å². The average molecular weight is 274 g/mol. The number of benzene rings is 1. The molecule has 0 aliphatic rings. The predicted molar refractivity (Wildman–Crippen MR) is 57.4 cm³/mol. The summed E-state index contributed by atoms with van der Waals surface area (Å²) in [5.41, 5.74) is 0.448. The van der Waals surface area contributed by atoms with E-state index in [1.54, 1.807) is 13.0 Å². The zero-order chi connectivity index (χ0) is 11.6. The van der Waals surface area contributed by atoms with Gasteiger partial charge in [-0.1, -0.05) is 15.9 Å². The Bertz CT molecular complexity index is 430. The van der Waals surface area contributed by atoms with E-state index in [0.29, 0.717) is 11.1 Å². The van der Waals surface area contributed by atoms with Crippen molar-refractivity contribution in [3.63, 3.8) is 0 Å². The standard InChI is InChI=1S/C9H8BrNO4/c1-5-2-6(4-10)8(11(14)15)7(3-5)9(12)13/h2-3H,4H2,1H3,(H,12,13). The van der Waals surface area contributed by atoms with E-state index < -0.39 is 10.9 Å². The third kappa shape index (κ3) is 2.33. The molecule has 0 saturated heterocycles. The minimum atomic E-state index is -1.28. The Balaban J connectivity index is 3.54. The van der Waals surface area contributed by atoms with Gasteiger partial charge in [0.05, 0.1) is 4.92 Å². The predicted octanol–water partition coefficient (Wildman–Crippen LogP) is 2.50. The summed E-state index contributed by atoms with van der Waals surface area (Å²) in [6.07, 6.45) is 0. The van der Waals surface area contributed by atoms with Crippen LogP contribution in [0, 0.1) is 17.0 Å². The van der Waals surface area contributed by atoms with Crippen LogP contribution < -0.4 is 0 Å². The number of hydrogen-bond acceptors (Lipinski definition) is 3. The molecule has 0 aliphatic heterocycles. The van der Waals surface area contributed by atoms with E-state index in [-0.39, 0.29) is 16.6 Å². The number of nitro groups is 1. The van der Waals surface area contributed by atoms with Crippen LogP contribution in [0.3, 0.4) is 0 Å². The van der Waals surface area contributed by atoms with Crippen molar-refractivity contribution in [2.24, 2.45) is 0 Å². The second kappa shape index (κ2) is 4.39. The maximum atomic E-state index is 10.8. The Kier molecular flexibility index (Phi) is 3.41. The number of halogens is 1. The van der Waals surface area contributed by atoms with E-state index in [4.69, 9.17) is 5.11 Å². The molecule has 0 aromatic heterocycles. The minimum Gasteiger partial charge on any atom is -0.477 e. The van der Waals surface area contributed by atoms with Crippen molar-refractivity contribution in [3.05, 3.63) is 38.9 Å². The molecule has 1 N–H and O–H groups in total. The molecule has 0 amide bonds. The molecule has 6 heteroatoms. The fourth-order valence-electron chi connectivity index (χ4n) is 1.33. The quantitative estimate of drug-likeness (QED) is 0.521. The zero-order valence-electron chi connectivity index (χ0n) is 7.86. The van der Waals surface area contributed by atoms with E-state index >= 15 is 0 Å². The first-order valence-corrected chi connectivity index (χ1v) is 5.16. The number of hydrogen-bond donors (Lipinski definition) is 1. The summed E-state index contributed by atoms with van der Waals surface area (Å²) >= 11 is 3.10. The van der Waals surface area contributed by atoms with Gasteiger partial charge in [-0.25, -0.2) is 4.79 Å². The number of carboxylic acid groups (broad SMARTS) is 1. The topological polar surface area (TPSA) is 80.4 Å². The fourth-order valence-corrected chi connectivity index (χ4v) is 1.76. The first-order valence-electron chi connectivity index (χ1n) is 4.04. The molecule has 0 saturated carbocycles. The number of aromatic carboxylic acids is 1. The Hall–Kier alpha value is -1.43. The monoisotopic (exact) mass is 273 g/mol. The second-order valence-electron chi connectivity index (χ2n) is 3.02. The Morgan fingerprint density at radius 1 is 1.60 bits per heavy atom. The second-order valence-corrected chi connectivity index (χ2v) is 3.58. The van der Waals surface area contributed by atoms with Gasteiger partial charge >= 0.3 is 5.97 Å². The van der Waals surface area contributed by atoms with Crippen LogP contribution in [-0.4, -0.2) is 16.0 Å². The highest BCUT2D eigenvalue weighted by Crippen LogP contribution is 2.27. The van der Waals surface area contributed by atoms with Crippen molar-refractivity contribution in [3.8, 4) is 0 Å². The third-order valence-corrected chi connectivity index (χ3v) is 2.49. The van der Waals surface area contributed by atoms with Crippen molar-refractivity contribution in [2.75, 3.05) is 0 Å². The molecule has 80 valence electrons. The Morgan fingerprint density at radius 3 is 2.60 bits per heavy atom. The Labute approximate surface area is 94.0 Å². The number of carboxylic acids is 1. The normalized spacial score (nSPS) is 10.0. The van der Waals surface area contributed by atoms with E-state index in [9.17, 15) is 14.9 Å². The first-order chi connectivity index (χ1) is 6.97. The molecule has 5 nitrogen and oxygen atoms in total. The highest BCUT2D eigenvalue weighted by Gasteiger charge is 2.24. The van der Waals surface area contributed by atoms with E-state index in [1.165, 1.54) is 6.07 Å². The molecule has 0 unspecified atom stereocenters. The number of alkyl halides is 1. The van der Waals surface area contributed by atoms with Crippen LogP contribution in [0.25, 0.3) is 0 Å². The average Bonchev–Trinajstić information content (AvgIpc) is 2.15. The lowest BCUT2D eigenvalue weighted by molar-refractivity contribution is -0.385. The van der Waals surface area contributed by atoms with Crippen LogP contribution >= 0.6 is 15.9 Å². The summed E-state index contributed by atoms with van der Waals surface area (Å²) in [5, 5.41) is 19.8. The van der Waals surface area contributed by atoms with Gasteiger partial charge in [-0.2, -0.15) is 0 Å². The Morgan fingerprint density at radius 2 is 2.20 bits per heavy atom. The third-order valence-electron chi connectivity index (χ3n) is 1.89. The number of rotatable bonds is 3. The molecule has 15 heavy (non-hydrogen) atoms.